The number of nitrogens with zero attached hydrogens (tertiary/aromatic N) is 1. The molecule has 0 aliphatic heterocycles. The Hall–Kier alpha value is -1.02. The second kappa shape index (κ2) is 6.24. The van der Waals surface area contributed by atoms with Crippen molar-refractivity contribution in [1.82, 2.24) is 5.32 Å². The van der Waals surface area contributed by atoms with Crippen molar-refractivity contribution in [2.24, 2.45) is 5.41 Å². The van der Waals surface area contributed by atoms with Gasteiger partial charge in [-0.05, 0) is 24.0 Å². The molecule has 0 atom stereocenters. The summed E-state index contributed by atoms with van der Waals surface area (Å²) in [4.78, 5) is 2.36. The Morgan fingerprint density at radius 3 is 2.39 bits per heavy atom. The molecule has 0 saturated carbocycles. The minimum absolute atomic E-state index is 0.265. The van der Waals surface area contributed by atoms with Crippen LogP contribution in [0, 0.1) is 12.3 Å². The van der Waals surface area contributed by atoms with E-state index in [1.807, 2.05) is 0 Å². The van der Waals surface area contributed by atoms with Gasteiger partial charge < -0.3 is 10.2 Å². The van der Waals surface area contributed by atoms with Crippen LogP contribution in [0.2, 0.25) is 0 Å². The third-order valence-electron chi connectivity index (χ3n) is 3.18. The van der Waals surface area contributed by atoms with E-state index in [2.05, 4.69) is 76.1 Å². The monoisotopic (exact) mass is 248 g/mol. The molecule has 0 bridgehead atoms. The van der Waals surface area contributed by atoms with Crippen LogP contribution in [0.4, 0.5) is 5.69 Å². The molecule has 0 aliphatic rings. The number of anilines is 1. The van der Waals surface area contributed by atoms with E-state index in [0.29, 0.717) is 6.04 Å². The maximum atomic E-state index is 3.53. The fraction of sp³-hybridized carbons (Fsp3) is 0.625. The molecule has 1 aromatic carbocycles. The number of hydrogen-bond acceptors (Lipinski definition) is 2. The highest BCUT2D eigenvalue weighted by Gasteiger charge is 2.21. The topological polar surface area (TPSA) is 15.3 Å². The number of aryl methyl sites for hydroxylation is 1. The van der Waals surface area contributed by atoms with E-state index in [4.69, 9.17) is 0 Å². The van der Waals surface area contributed by atoms with E-state index in [1.54, 1.807) is 0 Å². The van der Waals surface area contributed by atoms with Crippen molar-refractivity contribution in [2.75, 3.05) is 25.0 Å². The number of para-hydroxylation sites is 1. The lowest BCUT2D eigenvalue weighted by Gasteiger charge is -2.33. The van der Waals surface area contributed by atoms with Gasteiger partial charge in [0.25, 0.3) is 0 Å². The van der Waals surface area contributed by atoms with Crippen molar-refractivity contribution < 1.29 is 0 Å². The quantitative estimate of drug-likeness (QED) is 0.829. The fourth-order valence-corrected chi connectivity index (χ4v) is 2.26. The first-order chi connectivity index (χ1) is 8.32. The Morgan fingerprint density at radius 2 is 1.83 bits per heavy atom. The largest absolute Gasteiger partial charge is 0.374 e. The Kier molecular flexibility index (Phi) is 5.21. The summed E-state index contributed by atoms with van der Waals surface area (Å²) in [5.41, 5.74) is 2.93. The molecule has 1 rings (SSSR count). The molecule has 0 spiro atoms. The zero-order chi connectivity index (χ0) is 13.8. The van der Waals surface area contributed by atoms with Crippen LogP contribution in [0.25, 0.3) is 0 Å². The number of benzene rings is 1. The van der Waals surface area contributed by atoms with Crippen LogP contribution in [0.15, 0.2) is 24.3 Å². The highest BCUT2D eigenvalue weighted by Crippen LogP contribution is 2.23. The maximum Gasteiger partial charge on any atom is 0.0393 e. The molecule has 0 radical (unpaired) electrons. The molecule has 18 heavy (non-hydrogen) atoms. The molecule has 102 valence electrons. The summed E-state index contributed by atoms with van der Waals surface area (Å²) in [7, 11) is 2.18. The predicted octanol–water partition coefficient (Wildman–Crippen LogP) is 3.46. The molecule has 0 aromatic heterocycles. The summed E-state index contributed by atoms with van der Waals surface area (Å²) >= 11 is 0. The molecule has 1 N–H and O–H groups in total. The molecule has 0 amide bonds. The highest BCUT2D eigenvalue weighted by molar-refractivity contribution is 5.52. The molecule has 2 heteroatoms. The summed E-state index contributed by atoms with van der Waals surface area (Å²) in [6, 6.07) is 9.12. The van der Waals surface area contributed by atoms with Crippen molar-refractivity contribution in [1.29, 1.82) is 0 Å². The minimum atomic E-state index is 0.265. The predicted molar refractivity (Wildman–Crippen MR) is 81.4 cm³/mol. The third kappa shape index (κ3) is 4.69. The van der Waals surface area contributed by atoms with Crippen LogP contribution in [0.3, 0.4) is 0 Å². The van der Waals surface area contributed by atoms with Crippen molar-refractivity contribution in [3.05, 3.63) is 29.8 Å². The Bertz CT molecular complexity index is 369. The molecular weight excluding hydrogens is 220 g/mol. The lowest BCUT2D eigenvalue weighted by Crippen LogP contribution is -2.41. The van der Waals surface area contributed by atoms with Gasteiger partial charge in [-0.3, -0.25) is 0 Å². The van der Waals surface area contributed by atoms with Crippen LogP contribution < -0.4 is 10.2 Å². The number of nitrogens with one attached hydrogen (secondary N) is 1. The van der Waals surface area contributed by atoms with Crippen LogP contribution in [-0.4, -0.2) is 26.2 Å². The Morgan fingerprint density at radius 1 is 1.22 bits per heavy atom. The van der Waals surface area contributed by atoms with Gasteiger partial charge in [0.15, 0.2) is 0 Å². The average Bonchev–Trinajstić information content (AvgIpc) is 2.26. The van der Waals surface area contributed by atoms with Gasteiger partial charge in [0.2, 0.25) is 0 Å². The van der Waals surface area contributed by atoms with Gasteiger partial charge in [-0.2, -0.15) is 0 Å². The summed E-state index contributed by atoms with van der Waals surface area (Å²) in [6.07, 6.45) is 0. The van der Waals surface area contributed by atoms with Crippen LogP contribution in [0.1, 0.15) is 33.3 Å². The molecule has 2 nitrogen and oxygen atoms in total. The summed E-state index contributed by atoms with van der Waals surface area (Å²) < 4.78 is 0. The second-order valence-corrected chi connectivity index (χ2v) is 6.34. The molecule has 0 aliphatic carbocycles. The van der Waals surface area contributed by atoms with E-state index in [0.717, 1.165) is 13.1 Å². The van der Waals surface area contributed by atoms with Gasteiger partial charge in [0.1, 0.15) is 0 Å². The van der Waals surface area contributed by atoms with Crippen LogP contribution >= 0.6 is 0 Å². The maximum absolute atomic E-state index is 3.53. The molecule has 1 aromatic rings. The first-order valence-electron chi connectivity index (χ1n) is 6.82. The first-order valence-corrected chi connectivity index (χ1v) is 6.82. The van der Waals surface area contributed by atoms with Crippen molar-refractivity contribution in [2.45, 2.75) is 40.7 Å². The van der Waals surface area contributed by atoms with Gasteiger partial charge in [0, 0.05) is 31.9 Å². The van der Waals surface area contributed by atoms with Crippen molar-refractivity contribution in [3.8, 4) is 0 Å². The lowest BCUT2D eigenvalue weighted by molar-refractivity contribution is 0.333. The zero-order valence-corrected chi connectivity index (χ0v) is 12.7. The summed E-state index contributed by atoms with van der Waals surface area (Å²) in [6.45, 7) is 13.3. The standard InChI is InChI=1S/C16H28N2/c1-13(2)17-11-16(4,5)12-18(6)15-10-8-7-9-14(15)3/h7-10,13,17H,11-12H2,1-6H3. The van der Waals surface area contributed by atoms with E-state index < -0.39 is 0 Å². The van der Waals surface area contributed by atoms with Gasteiger partial charge in [-0.25, -0.2) is 0 Å². The Labute approximate surface area is 112 Å². The van der Waals surface area contributed by atoms with E-state index in [1.165, 1.54) is 11.3 Å². The SMILES string of the molecule is Cc1ccccc1N(C)CC(C)(C)CNC(C)C. The normalized spacial score (nSPS) is 11.9. The van der Waals surface area contributed by atoms with Crippen LogP contribution in [0.5, 0.6) is 0 Å². The van der Waals surface area contributed by atoms with E-state index >= 15 is 0 Å². The van der Waals surface area contributed by atoms with Gasteiger partial charge >= 0.3 is 0 Å². The summed E-state index contributed by atoms with van der Waals surface area (Å²) in [5, 5.41) is 3.53. The molecule has 0 heterocycles. The van der Waals surface area contributed by atoms with Gasteiger partial charge in [-0.15, -0.1) is 0 Å². The first kappa shape index (κ1) is 15.0. The zero-order valence-electron chi connectivity index (χ0n) is 12.7. The number of rotatable bonds is 6. The second-order valence-electron chi connectivity index (χ2n) is 6.34. The van der Waals surface area contributed by atoms with Crippen LogP contribution in [-0.2, 0) is 0 Å². The van der Waals surface area contributed by atoms with Crippen molar-refractivity contribution >= 4 is 5.69 Å². The molecule has 0 unspecified atom stereocenters. The minimum Gasteiger partial charge on any atom is -0.374 e. The fourth-order valence-electron chi connectivity index (χ4n) is 2.26. The molecule has 0 saturated heterocycles. The summed E-state index contributed by atoms with van der Waals surface area (Å²) in [5.74, 6) is 0. The molecule has 0 fully saturated rings. The van der Waals surface area contributed by atoms with Gasteiger partial charge in [-0.1, -0.05) is 45.9 Å². The van der Waals surface area contributed by atoms with E-state index in [-0.39, 0.29) is 5.41 Å². The number of hydrogen-bond donors (Lipinski definition) is 1. The smallest absolute Gasteiger partial charge is 0.0393 e. The van der Waals surface area contributed by atoms with Gasteiger partial charge in [0.05, 0.1) is 0 Å². The highest BCUT2D eigenvalue weighted by atomic mass is 15.1. The van der Waals surface area contributed by atoms with E-state index in [9.17, 15) is 0 Å². The lowest BCUT2D eigenvalue weighted by atomic mass is 9.92. The Balaban J connectivity index is 2.63. The average molecular weight is 248 g/mol. The third-order valence-corrected chi connectivity index (χ3v) is 3.18. The molecular formula is C16H28N2. The van der Waals surface area contributed by atoms with Crippen molar-refractivity contribution in [3.63, 3.8) is 0 Å².